The molecule has 1 atom stereocenters. The SMILES string of the molecule is CC(C)c1cccc(NC(=O)CC2CSC(=NC3CCCCC3)N2C)c1. The largest absolute Gasteiger partial charge is 0.350 e. The molecule has 4 nitrogen and oxygen atoms in total. The van der Waals surface area contributed by atoms with Crippen molar-refractivity contribution < 1.29 is 4.79 Å². The minimum atomic E-state index is 0.0854. The molecule has 1 heterocycles. The van der Waals surface area contributed by atoms with Gasteiger partial charge in [0.15, 0.2) is 5.17 Å². The number of nitrogens with zero attached hydrogens (tertiary/aromatic N) is 2. The van der Waals surface area contributed by atoms with Crippen LogP contribution < -0.4 is 5.32 Å². The minimum Gasteiger partial charge on any atom is -0.350 e. The number of anilines is 1. The van der Waals surface area contributed by atoms with Crippen LogP contribution in [0.3, 0.4) is 0 Å². The zero-order chi connectivity index (χ0) is 18.5. The minimum absolute atomic E-state index is 0.0854. The van der Waals surface area contributed by atoms with Crippen LogP contribution in [0.2, 0.25) is 0 Å². The Labute approximate surface area is 161 Å². The second-order valence-corrected chi connectivity index (χ2v) is 8.80. The van der Waals surface area contributed by atoms with Crippen molar-refractivity contribution in [2.45, 2.75) is 70.4 Å². The average Bonchev–Trinajstić information content (AvgIpc) is 2.96. The molecule has 1 aliphatic carbocycles. The van der Waals surface area contributed by atoms with Crippen LogP contribution >= 0.6 is 11.8 Å². The average molecular weight is 374 g/mol. The van der Waals surface area contributed by atoms with Gasteiger partial charge in [-0.2, -0.15) is 0 Å². The molecule has 5 heteroatoms. The summed E-state index contributed by atoms with van der Waals surface area (Å²) in [5.41, 5.74) is 2.14. The van der Waals surface area contributed by atoms with Gasteiger partial charge in [0, 0.05) is 31.0 Å². The van der Waals surface area contributed by atoms with Gasteiger partial charge in [-0.1, -0.05) is 57.0 Å². The van der Waals surface area contributed by atoms with Crippen molar-refractivity contribution in [2.75, 3.05) is 18.1 Å². The molecule has 1 N–H and O–H groups in total. The summed E-state index contributed by atoms with van der Waals surface area (Å²) in [6.07, 6.45) is 6.91. The maximum atomic E-state index is 12.5. The van der Waals surface area contributed by atoms with E-state index in [-0.39, 0.29) is 11.9 Å². The summed E-state index contributed by atoms with van der Waals surface area (Å²) >= 11 is 1.80. The Bertz CT molecular complexity index is 652. The van der Waals surface area contributed by atoms with E-state index in [1.54, 1.807) is 11.8 Å². The van der Waals surface area contributed by atoms with E-state index in [0.29, 0.717) is 18.4 Å². The maximum absolute atomic E-state index is 12.5. The molecule has 1 aliphatic heterocycles. The number of nitrogens with one attached hydrogen (secondary N) is 1. The number of carbonyl (C=O) groups excluding carboxylic acids is 1. The predicted octanol–water partition coefficient (Wildman–Crippen LogP) is 4.87. The third-order valence-electron chi connectivity index (χ3n) is 5.38. The smallest absolute Gasteiger partial charge is 0.226 e. The fourth-order valence-corrected chi connectivity index (χ4v) is 4.89. The van der Waals surface area contributed by atoms with E-state index in [2.05, 4.69) is 43.2 Å². The fourth-order valence-electron chi connectivity index (χ4n) is 3.63. The van der Waals surface area contributed by atoms with E-state index in [4.69, 9.17) is 4.99 Å². The Morgan fingerprint density at radius 2 is 2.08 bits per heavy atom. The molecular weight excluding hydrogens is 342 g/mol. The third-order valence-corrected chi connectivity index (χ3v) is 6.58. The summed E-state index contributed by atoms with van der Waals surface area (Å²) in [6.45, 7) is 4.33. The van der Waals surface area contributed by atoms with E-state index >= 15 is 0 Å². The van der Waals surface area contributed by atoms with Gasteiger partial charge in [0.2, 0.25) is 5.91 Å². The van der Waals surface area contributed by atoms with Crippen LogP contribution in [0.5, 0.6) is 0 Å². The van der Waals surface area contributed by atoms with Crippen LogP contribution in [0, 0.1) is 0 Å². The zero-order valence-corrected chi connectivity index (χ0v) is 17.0. The molecule has 1 aromatic rings. The molecule has 1 saturated heterocycles. The van der Waals surface area contributed by atoms with Crippen LogP contribution in [0.15, 0.2) is 29.3 Å². The summed E-state index contributed by atoms with van der Waals surface area (Å²) in [6, 6.07) is 8.88. The van der Waals surface area contributed by atoms with Crippen LogP contribution in [-0.4, -0.2) is 40.9 Å². The van der Waals surface area contributed by atoms with E-state index in [1.165, 1.54) is 37.7 Å². The van der Waals surface area contributed by atoms with Gasteiger partial charge in [-0.15, -0.1) is 0 Å². The molecular formula is C21H31N3OS. The molecule has 2 fully saturated rings. The lowest BCUT2D eigenvalue weighted by Crippen LogP contribution is -2.34. The first-order valence-corrected chi connectivity index (χ1v) is 10.8. The lowest BCUT2D eigenvalue weighted by Gasteiger charge is -2.23. The van der Waals surface area contributed by atoms with Gasteiger partial charge >= 0.3 is 0 Å². The number of amides is 1. The highest BCUT2D eigenvalue weighted by Gasteiger charge is 2.29. The van der Waals surface area contributed by atoms with Crippen molar-refractivity contribution in [2.24, 2.45) is 4.99 Å². The monoisotopic (exact) mass is 373 g/mol. The van der Waals surface area contributed by atoms with E-state index in [0.717, 1.165) is 16.6 Å². The van der Waals surface area contributed by atoms with Gasteiger partial charge in [0.1, 0.15) is 0 Å². The Morgan fingerprint density at radius 1 is 1.31 bits per heavy atom. The summed E-state index contributed by atoms with van der Waals surface area (Å²) in [5.74, 6) is 1.49. The summed E-state index contributed by atoms with van der Waals surface area (Å²) in [4.78, 5) is 19.7. The van der Waals surface area contributed by atoms with Crippen LogP contribution in [0.1, 0.15) is 63.9 Å². The number of aliphatic imine (C=N–C) groups is 1. The highest BCUT2D eigenvalue weighted by molar-refractivity contribution is 8.14. The standard InChI is InChI=1S/C21H31N3OS/c1-15(2)16-8-7-11-18(12-16)22-20(25)13-19-14-26-21(24(19)3)23-17-9-5-4-6-10-17/h7-8,11-12,15,17,19H,4-6,9-10,13-14H2,1-3H3,(H,22,25). The van der Waals surface area contributed by atoms with Crippen molar-refractivity contribution in [1.82, 2.24) is 4.90 Å². The Morgan fingerprint density at radius 3 is 2.81 bits per heavy atom. The summed E-state index contributed by atoms with van der Waals surface area (Å²) in [5, 5.41) is 4.19. The Balaban J connectivity index is 1.54. The molecule has 26 heavy (non-hydrogen) atoms. The quantitative estimate of drug-likeness (QED) is 0.800. The molecule has 0 radical (unpaired) electrons. The van der Waals surface area contributed by atoms with Crippen molar-refractivity contribution in [3.8, 4) is 0 Å². The van der Waals surface area contributed by atoms with E-state index < -0.39 is 0 Å². The number of amidine groups is 1. The molecule has 142 valence electrons. The number of hydrogen-bond donors (Lipinski definition) is 1. The van der Waals surface area contributed by atoms with Crippen molar-refractivity contribution >= 4 is 28.5 Å². The zero-order valence-electron chi connectivity index (χ0n) is 16.2. The van der Waals surface area contributed by atoms with Crippen molar-refractivity contribution in [1.29, 1.82) is 0 Å². The maximum Gasteiger partial charge on any atom is 0.226 e. The normalized spacial score (nSPS) is 23.0. The number of hydrogen-bond acceptors (Lipinski definition) is 3. The Hall–Kier alpha value is -1.49. The van der Waals surface area contributed by atoms with Crippen LogP contribution in [0.4, 0.5) is 5.69 Å². The Kier molecular flexibility index (Phi) is 6.63. The second kappa shape index (κ2) is 8.94. The molecule has 1 unspecified atom stereocenters. The molecule has 1 saturated carbocycles. The first-order valence-electron chi connectivity index (χ1n) is 9.86. The highest BCUT2D eigenvalue weighted by Crippen LogP contribution is 2.28. The molecule has 1 aromatic carbocycles. The topological polar surface area (TPSA) is 44.7 Å². The molecule has 2 aliphatic rings. The van der Waals surface area contributed by atoms with Crippen LogP contribution in [-0.2, 0) is 4.79 Å². The molecule has 3 rings (SSSR count). The van der Waals surface area contributed by atoms with Gasteiger partial charge in [0.25, 0.3) is 0 Å². The van der Waals surface area contributed by atoms with Crippen molar-refractivity contribution in [3.05, 3.63) is 29.8 Å². The summed E-state index contributed by atoms with van der Waals surface area (Å²) in [7, 11) is 2.08. The van der Waals surface area contributed by atoms with E-state index in [9.17, 15) is 4.79 Å². The van der Waals surface area contributed by atoms with Gasteiger partial charge in [0.05, 0.1) is 6.04 Å². The molecule has 0 aromatic heterocycles. The fraction of sp³-hybridized carbons (Fsp3) is 0.619. The highest BCUT2D eigenvalue weighted by atomic mass is 32.2. The number of rotatable bonds is 5. The third kappa shape index (κ3) is 5.03. The van der Waals surface area contributed by atoms with Gasteiger partial charge in [-0.3, -0.25) is 9.79 Å². The number of benzene rings is 1. The van der Waals surface area contributed by atoms with Crippen molar-refractivity contribution in [3.63, 3.8) is 0 Å². The second-order valence-electron chi connectivity index (χ2n) is 7.81. The first kappa shape index (κ1) is 19.3. The number of thioether (sulfide) groups is 1. The molecule has 0 bridgehead atoms. The van der Waals surface area contributed by atoms with E-state index in [1.807, 2.05) is 12.1 Å². The number of carbonyl (C=O) groups is 1. The van der Waals surface area contributed by atoms with Crippen LogP contribution in [0.25, 0.3) is 0 Å². The summed E-state index contributed by atoms with van der Waals surface area (Å²) < 4.78 is 0. The van der Waals surface area contributed by atoms with Gasteiger partial charge in [-0.25, -0.2) is 0 Å². The first-order chi connectivity index (χ1) is 12.5. The molecule has 1 amide bonds. The predicted molar refractivity (Wildman–Crippen MR) is 112 cm³/mol. The lowest BCUT2D eigenvalue weighted by atomic mass is 9.96. The van der Waals surface area contributed by atoms with Gasteiger partial charge < -0.3 is 10.2 Å². The molecule has 0 spiro atoms. The lowest BCUT2D eigenvalue weighted by molar-refractivity contribution is -0.116. The van der Waals surface area contributed by atoms with Gasteiger partial charge in [-0.05, 0) is 36.5 Å².